The van der Waals surface area contributed by atoms with Crippen molar-refractivity contribution in [2.45, 2.75) is 60.4 Å². The van der Waals surface area contributed by atoms with Crippen molar-refractivity contribution in [2.24, 2.45) is 5.41 Å². The second-order valence-electron chi connectivity index (χ2n) is 6.49. The van der Waals surface area contributed by atoms with Crippen LogP contribution in [0.15, 0.2) is 0 Å². The molecule has 1 aromatic rings. The van der Waals surface area contributed by atoms with Gasteiger partial charge in [-0.2, -0.15) is 5.10 Å². The first kappa shape index (κ1) is 17.4. The number of nitrogens with zero attached hydrogens (tertiary/aromatic N) is 3. The lowest BCUT2D eigenvalue weighted by Gasteiger charge is -2.36. The molecule has 21 heavy (non-hydrogen) atoms. The molecule has 0 amide bonds. The van der Waals surface area contributed by atoms with E-state index in [0.29, 0.717) is 24.2 Å². The molecule has 1 atom stereocenters. The first-order valence-corrected chi connectivity index (χ1v) is 7.49. The molecule has 0 aliphatic rings. The van der Waals surface area contributed by atoms with Crippen molar-refractivity contribution >= 4 is 11.8 Å². The van der Waals surface area contributed by atoms with Crippen LogP contribution in [0.3, 0.4) is 0 Å². The third-order valence-electron chi connectivity index (χ3n) is 4.21. The van der Waals surface area contributed by atoms with Crippen molar-refractivity contribution in [3.63, 3.8) is 0 Å². The summed E-state index contributed by atoms with van der Waals surface area (Å²) in [4.78, 5) is 13.7. The maximum absolute atomic E-state index is 11.8. The Balaban J connectivity index is 3.46. The van der Waals surface area contributed by atoms with Gasteiger partial charge in [-0.05, 0) is 30.7 Å². The third kappa shape index (κ3) is 3.52. The van der Waals surface area contributed by atoms with E-state index in [1.807, 2.05) is 25.8 Å². The summed E-state index contributed by atoms with van der Waals surface area (Å²) in [6.45, 7) is 12.4. The second-order valence-corrected chi connectivity index (χ2v) is 6.49. The fourth-order valence-corrected chi connectivity index (χ4v) is 2.40. The number of carboxylic acids is 1. The number of hydrogen-bond acceptors (Lipinski definition) is 4. The van der Waals surface area contributed by atoms with Gasteiger partial charge in [0.05, 0.1) is 5.69 Å². The third-order valence-corrected chi connectivity index (χ3v) is 4.21. The van der Waals surface area contributed by atoms with Gasteiger partial charge in [-0.3, -0.25) is 0 Å². The Morgan fingerprint density at radius 1 is 1.24 bits per heavy atom. The molecule has 0 aromatic carbocycles. The quantitative estimate of drug-likeness (QED) is 0.903. The summed E-state index contributed by atoms with van der Waals surface area (Å²) in [5.74, 6) is -0.474. The van der Waals surface area contributed by atoms with Gasteiger partial charge in [0.1, 0.15) is 5.56 Å². The first-order chi connectivity index (χ1) is 9.65. The summed E-state index contributed by atoms with van der Waals surface area (Å²) in [5.41, 5.74) is 1.88. The number of aromatic nitrogens is 2. The number of anilines is 1. The molecule has 0 radical (unpaired) electrons. The molecule has 0 bridgehead atoms. The molecule has 1 rings (SSSR count). The molecule has 5 nitrogen and oxygen atoms in total. The molecule has 118 valence electrons. The molecule has 1 aromatic heterocycles. The molecule has 1 heterocycles. The lowest BCUT2D eigenvalue weighted by molar-refractivity contribution is 0.0695. The van der Waals surface area contributed by atoms with Crippen LogP contribution in [0, 0.1) is 5.41 Å². The van der Waals surface area contributed by atoms with Crippen molar-refractivity contribution in [1.29, 1.82) is 0 Å². The summed E-state index contributed by atoms with van der Waals surface area (Å²) < 4.78 is 0. The molecule has 0 saturated carbocycles. The van der Waals surface area contributed by atoms with Crippen LogP contribution in [-0.2, 0) is 12.8 Å². The van der Waals surface area contributed by atoms with Crippen molar-refractivity contribution in [2.75, 3.05) is 11.9 Å². The predicted octanol–water partition coefficient (Wildman–Crippen LogP) is 3.17. The molecule has 0 aliphatic carbocycles. The highest BCUT2D eigenvalue weighted by molar-refractivity contribution is 5.95. The van der Waals surface area contributed by atoms with E-state index in [0.717, 1.165) is 11.3 Å². The van der Waals surface area contributed by atoms with Crippen LogP contribution >= 0.6 is 0 Å². The van der Waals surface area contributed by atoms with Gasteiger partial charge in [0.15, 0.2) is 5.82 Å². The molecule has 0 spiro atoms. The molecule has 0 fully saturated rings. The Bertz CT molecular complexity index is 521. The summed E-state index contributed by atoms with van der Waals surface area (Å²) >= 11 is 0. The van der Waals surface area contributed by atoms with Crippen LogP contribution in [-0.4, -0.2) is 34.4 Å². The Morgan fingerprint density at radius 3 is 2.19 bits per heavy atom. The van der Waals surface area contributed by atoms with Crippen LogP contribution in [0.2, 0.25) is 0 Å². The molecule has 5 heteroatoms. The van der Waals surface area contributed by atoms with Crippen LogP contribution in [0.4, 0.5) is 5.82 Å². The zero-order valence-corrected chi connectivity index (χ0v) is 14.2. The van der Waals surface area contributed by atoms with E-state index in [4.69, 9.17) is 0 Å². The molecular weight excluding hydrogens is 266 g/mol. The molecular formula is C16H27N3O2. The molecule has 1 N–H and O–H groups in total. The fourth-order valence-electron chi connectivity index (χ4n) is 2.40. The van der Waals surface area contributed by atoms with Gasteiger partial charge in [-0.15, -0.1) is 5.10 Å². The lowest BCUT2D eigenvalue weighted by Crippen LogP contribution is -2.41. The van der Waals surface area contributed by atoms with E-state index < -0.39 is 5.97 Å². The van der Waals surface area contributed by atoms with Crippen LogP contribution in [0.1, 0.15) is 63.2 Å². The van der Waals surface area contributed by atoms with E-state index in [-0.39, 0.29) is 11.5 Å². The van der Waals surface area contributed by atoms with Crippen LogP contribution in [0.25, 0.3) is 0 Å². The number of carbonyl (C=O) groups is 1. The van der Waals surface area contributed by atoms with Gasteiger partial charge in [0, 0.05) is 13.1 Å². The highest BCUT2D eigenvalue weighted by Crippen LogP contribution is 2.30. The minimum absolute atomic E-state index is 0.0159. The van der Waals surface area contributed by atoms with Crippen molar-refractivity contribution in [3.05, 3.63) is 16.8 Å². The van der Waals surface area contributed by atoms with E-state index in [1.54, 1.807) is 0 Å². The number of aryl methyl sites for hydroxylation is 1. The predicted molar refractivity (Wildman–Crippen MR) is 85.1 cm³/mol. The number of carboxylic acid groups (broad SMARTS) is 1. The monoisotopic (exact) mass is 293 g/mol. The highest BCUT2D eigenvalue weighted by atomic mass is 16.4. The summed E-state index contributed by atoms with van der Waals surface area (Å²) in [5, 5.41) is 18.1. The van der Waals surface area contributed by atoms with Gasteiger partial charge in [0.2, 0.25) is 0 Å². The Morgan fingerprint density at radius 2 is 1.81 bits per heavy atom. The normalized spacial score (nSPS) is 13.1. The lowest BCUT2D eigenvalue weighted by atomic mass is 9.87. The van der Waals surface area contributed by atoms with Gasteiger partial charge >= 0.3 is 5.97 Å². The van der Waals surface area contributed by atoms with Crippen molar-refractivity contribution < 1.29 is 9.90 Å². The SMILES string of the molecule is CCc1nnc(N(C)C(C)C(C)(C)C)c(C(=O)O)c1CC. The van der Waals surface area contributed by atoms with Crippen molar-refractivity contribution in [1.82, 2.24) is 10.2 Å². The number of aromatic carboxylic acids is 1. The van der Waals surface area contributed by atoms with Crippen LogP contribution < -0.4 is 4.90 Å². The largest absolute Gasteiger partial charge is 0.478 e. The minimum atomic E-state index is -0.931. The van der Waals surface area contributed by atoms with E-state index in [9.17, 15) is 9.90 Å². The van der Waals surface area contributed by atoms with Gasteiger partial charge in [-0.25, -0.2) is 4.79 Å². The minimum Gasteiger partial charge on any atom is -0.478 e. The van der Waals surface area contributed by atoms with Gasteiger partial charge < -0.3 is 10.0 Å². The zero-order chi connectivity index (χ0) is 16.4. The van der Waals surface area contributed by atoms with E-state index in [1.165, 1.54) is 0 Å². The zero-order valence-electron chi connectivity index (χ0n) is 14.2. The summed E-state index contributed by atoms with van der Waals surface area (Å²) in [7, 11) is 1.89. The Labute approximate surface area is 127 Å². The van der Waals surface area contributed by atoms with Crippen LogP contribution in [0.5, 0.6) is 0 Å². The van der Waals surface area contributed by atoms with Gasteiger partial charge in [-0.1, -0.05) is 34.6 Å². The fraction of sp³-hybridized carbons (Fsp3) is 0.688. The van der Waals surface area contributed by atoms with E-state index >= 15 is 0 Å². The average molecular weight is 293 g/mol. The Hall–Kier alpha value is -1.65. The van der Waals surface area contributed by atoms with E-state index in [2.05, 4.69) is 37.9 Å². The molecule has 1 unspecified atom stereocenters. The molecule has 0 saturated heterocycles. The van der Waals surface area contributed by atoms with Gasteiger partial charge in [0.25, 0.3) is 0 Å². The second kappa shape index (κ2) is 6.41. The summed E-state index contributed by atoms with van der Waals surface area (Å²) in [6.07, 6.45) is 1.33. The molecule has 0 aliphatic heterocycles. The Kier molecular flexibility index (Phi) is 5.31. The number of rotatable bonds is 5. The highest BCUT2D eigenvalue weighted by Gasteiger charge is 2.29. The topological polar surface area (TPSA) is 66.3 Å². The maximum Gasteiger partial charge on any atom is 0.339 e. The first-order valence-electron chi connectivity index (χ1n) is 7.49. The average Bonchev–Trinajstić information content (AvgIpc) is 2.42. The number of hydrogen-bond donors (Lipinski definition) is 1. The maximum atomic E-state index is 11.8. The standard InChI is InChI=1S/C16H27N3O2/c1-8-11-12(9-2)17-18-14(13(11)15(20)21)19(7)10(3)16(4,5)6/h10H,8-9H2,1-7H3,(H,20,21). The smallest absolute Gasteiger partial charge is 0.339 e. The van der Waals surface area contributed by atoms with Crippen molar-refractivity contribution in [3.8, 4) is 0 Å². The summed E-state index contributed by atoms with van der Waals surface area (Å²) in [6, 6.07) is 0.141.